The Morgan fingerprint density at radius 2 is 1.79 bits per heavy atom. The van der Waals surface area contributed by atoms with E-state index >= 15 is 0 Å². The maximum absolute atomic E-state index is 10.8. The minimum absolute atomic E-state index is 0.397. The zero-order valence-corrected chi connectivity index (χ0v) is 10.8. The number of carbonyl (C=O) groups is 1. The van der Waals surface area contributed by atoms with Gasteiger partial charge in [-0.2, -0.15) is 0 Å². The summed E-state index contributed by atoms with van der Waals surface area (Å²) in [6, 6.07) is 17.5. The SMILES string of the molecule is Cc1ccccc1.NC(=O)c1ccc2cc[nH]c2c1. The number of aromatic nitrogens is 1. The van der Waals surface area contributed by atoms with Crippen molar-refractivity contribution in [2.75, 3.05) is 0 Å². The van der Waals surface area contributed by atoms with Gasteiger partial charge in [-0.1, -0.05) is 42.0 Å². The molecule has 0 saturated carbocycles. The van der Waals surface area contributed by atoms with Crippen LogP contribution in [0, 0.1) is 6.92 Å². The molecule has 0 fully saturated rings. The molecule has 3 rings (SSSR count). The van der Waals surface area contributed by atoms with Gasteiger partial charge in [-0.3, -0.25) is 4.79 Å². The summed E-state index contributed by atoms with van der Waals surface area (Å²) >= 11 is 0. The monoisotopic (exact) mass is 252 g/mol. The molecular formula is C16H16N2O. The number of fused-ring (bicyclic) bond motifs is 1. The number of H-pyrrole nitrogens is 1. The molecule has 0 saturated heterocycles. The van der Waals surface area contributed by atoms with Crippen molar-refractivity contribution in [3.05, 3.63) is 71.9 Å². The molecule has 19 heavy (non-hydrogen) atoms. The summed E-state index contributed by atoms with van der Waals surface area (Å²) in [6.07, 6.45) is 1.83. The first-order chi connectivity index (χ1) is 9.16. The predicted octanol–water partition coefficient (Wildman–Crippen LogP) is 3.26. The van der Waals surface area contributed by atoms with E-state index in [4.69, 9.17) is 5.73 Å². The molecule has 96 valence electrons. The Kier molecular flexibility index (Phi) is 3.98. The van der Waals surface area contributed by atoms with Gasteiger partial charge in [-0.05, 0) is 30.5 Å². The summed E-state index contributed by atoms with van der Waals surface area (Å²) in [5.74, 6) is -0.397. The van der Waals surface area contributed by atoms with Crippen molar-refractivity contribution in [1.29, 1.82) is 0 Å². The van der Waals surface area contributed by atoms with Gasteiger partial charge in [-0.25, -0.2) is 0 Å². The van der Waals surface area contributed by atoms with Gasteiger partial charge in [0.15, 0.2) is 0 Å². The predicted molar refractivity (Wildman–Crippen MR) is 78.0 cm³/mol. The van der Waals surface area contributed by atoms with Crippen LogP contribution < -0.4 is 5.73 Å². The highest BCUT2D eigenvalue weighted by Crippen LogP contribution is 2.13. The maximum atomic E-state index is 10.8. The number of aromatic amines is 1. The van der Waals surface area contributed by atoms with Gasteiger partial charge in [-0.15, -0.1) is 0 Å². The minimum atomic E-state index is -0.397. The van der Waals surface area contributed by atoms with Crippen molar-refractivity contribution in [3.63, 3.8) is 0 Å². The fourth-order valence-electron chi connectivity index (χ4n) is 1.74. The van der Waals surface area contributed by atoms with Crippen LogP contribution in [0.3, 0.4) is 0 Å². The van der Waals surface area contributed by atoms with Crippen LogP contribution in [0.5, 0.6) is 0 Å². The normalized spacial score (nSPS) is 9.74. The molecule has 3 aromatic rings. The van der Waals surface area contributed by atoms with Gasteiger partial charge in [0.2, 0.25) is 5.91 Å². The van der Waals surface area contributed by atoms with Crippen molar-refractivity contribution in [2.24, 2.45) is 5.73 Å². The highest BCUT2D eigenvalue weighted by molar-refractivity contribution is 5.96. The highest BCUT2D eigenvalue weighted by atomic mass is 16.1. The Morgan fingerprint density at radius 1 is 1.05 bits per heavy atom. The molecular weight excluding hydrogens is 236 g/mol. The lowest BCUT2D eigenvalue weighted by Crippen LogP contribution is -2.10. The molecule has 0 spiro atoms. The van der Waals surface area contributed by atoms with Crippen molar-refractivity contribution in [1.82, 2.24) is 4.98 Å². The van der Waals surface area contributed by atoms with Gasteiger partial charge in [0.05, 0.1) is 0 Å². The second-order valence-corrected chi connectivity index (χ2v) is 4.30. The Labute approximate surface area is 112 Å². The smallest absolute Gasteiger partial charge is 0.248 e. The maximum Gasteiger partial charge on any atom is 0.248 e. The second kappa shape index (κ2) is 5.87. The number of rotatable bonds is 1. The van der Waals surface area contributed by atoms with Gasteiger partial charge in [0.25, 0.3) is 0 Å². The Bertz CT molecular complexity index is 671. The lowest BCUT2D eigenvalue weighted by molar-refractivity contribution is 0.100. The van der Waals surface area contributed by atoms with Crippen LogP contribution in [0.25, 0.3) is 10.9 Å². The number of nitrogens with one attached hydrogen (secondary N) is 1. The summed E-state index contributed by atoms with van der Waals surface area (Å²) in [5.41, 5.74) is 7.91. The molecule has 0 bridgehead atoms. The van der Waals surface area contributed by atoms with Crippen molar-refractivity contribution in [3.8, 4) is 0 Å². The van der Waals surface area contributed by atoms with Gasteiger partial charge in [0, 0.05) is 17.3 Å². The fraction of sp³-hybridized carbons (Fsp3) is 0.0625. The van der Waals surface area contributed by atoms with Crippen LogP contribution in [0.4, 0.5) is 0 Å². The van der Waals surface area contributed by atoms with Crippen LogP contribution >= 0.6 is 0 Å². The van der Waals surface area contributed by atoms with Crippen LogP contribution in [0.1, 0.15) is 15.9 Å². The summed E-state index contributed by atoms with van der Waals surface area (Å²) in [4.78, 5) is 13.8. The zero-order valence-electron chi connectivity index (χ0n) is 10.8. The molecule has 1 amide bonds. The summed E-state index contributed by atoms with van der Waals surface area (Å²) < 4.78 is 0. The lowest BCUT2D eigenvalue weighted by atomic mass is 10.1. The van der Waals surface area contributed by atoms with E-state index in [1.807, 2.05) is 36.5 Å². The number of aryl methyl sites for hydroxylation is 1. The Hall–Kier alpha value is -2.55. The molecule has 1 aromatic heterocycles. The minimum Gasteiger partial charge on any atom is -0.366 e. The summed E-state index contributed by atoms with van der Waals surface area (Å²) in [7, 11) is 0. The number of hydrogen-bond acceptors (Lipinski definition) is 1. The molecule has 0 atom stereocenters. The number of benzene rings is 2. The first kappa shape index (κ1) is 12.9. The average molecular weight is 252 g/mol. The quantitative estimate of drug-likeness (QED) is 0.686. The van der Waals surface area contributed by atoms with Gasteiger partial charge < -0.3 is 10.7 Å². The number of carbonyl (C=O) groups excluding carboxylic acids is 1. The van der Waals surface area contributed by atoms with E-state index in [9.17, 15) is 4.79 Å². The second-order valence-electron chi connectivity index (χ2n) is 4.30. The van der Waals surface area contributed by atoms with E-state index in [0.29, 0.717) is 5.56 Å². The average Bonchev–Trinajstić information content (AvgIpc) is 2.87. The largest absolute Gasteiger partial charge is 0.366 e. The van der Waals surface area contributed by atoms with Crippen LogP contribution in [0.2, 0.25) is 0 Å². The Balaban J connectivity index is 0.000000163. The van der Waals surface area contributed by atoms with E-state index in [2.05, 4.69) is 24.0 Å². The van der Waals surface area contributed by atoms with Crippen molar-refractivity contribution < 1.29 is 4.79 Å². The Morgan fingerprint density at radius 3 is 2.37 bits per heavy atom. The summed E-state index contributed by atoms with van der Waals surface area (Å²) in [5, 5.41) is 1.08. The molecule has 3 heteroatoms. The number of amides is 1. The zero-order chi connectivity index (χ0) is 13.7. The molecule has 0 unspecified atom stereocenters. The van der Waals surface area contributed by atoms with Crippen LogP contribution in [-0.4, -0.2) is 10.9 Å². The molecule has 0 radical (unpaired) electrons. The molecule has 0 aliphatic rings. The number of hydrogen-bond donors (Lipinski definition) is 2. The molecule has 1 heterocycles. The standard InChI is InChI=1S/C9H8N2O.C7H8/c10-9(12)7-2-1-6-3-4-11-8(6)5-7;1-7-5-3-2-4-6-7/h1-5,11H,(H2,10,12);2-6H,1H3. The van der Waals surface area contributed by atoms with E-state index in [-0.39, 0.29) is 0 Å². The molecule has 3 nitrogen and oxygen atoms in total. The van der Waals surface area contributed by atoms with Crippen molar-refractivity contribution in [2.45, 2.75) is 6.92 Å². The first-order valence-corrected chi connectivity index (χ1v) is 6.05. The molecule has 3 N–H and O–H groups in total. The van der Waals surface area contributed by atoms with E-state index < -0.39 is 5.91 Å². The van der Waals surface area contributed by atoms with E-state index in [0.717, 1.165) is 10.9 Å². The van der Waals surface area contributed by atoms with Crippen LogP contribution in [0.15, 0.2) is 60.8 Å². The molecule has 0 aliphatic heterocycles. The topological polar surface area (TPSA) is 58.9 Å². The van der Waals surface area contributed by atoms with Crippen LogP contribution in [-0.2, 0) is 0 Å². The third kappa shape index (κ3) is 3.45. The number of nitrogens with two attached hydrogens (primary N) is 1. The third-order valence-electron chi connectivity index (χ3n) is 2.78. The van der Waals surface area contributed by atoms with Gasteiger partial charge >= 0.3 is 0 Å². The molecule has 2 aromatic carbocycles. The van der Waals surface area contributed by atoms with Crippen molar-refractivity contribution >= 4 is 16.8 Å². The first-order valence-electron chi connectivity index (χ1n) is 6.05. The lowest BCUT2D eigenvalue weighted by Gasteiger charge is -1.94. The van der Waals surface area contributed by atoms with Gasteiger partial charge in [0.1, 0.15) is 0 Å². The van der Waals surface area contributed by atoms with E-state index in [1.54, 1.807) is 12.1 Å². The summed E-state index contributed by atoms with van der Waals surface area (Å²) in [6.45, 7) is 2.08. The molecule has 0 aliphatic carbocycles. The third-order valence-corrected chi connectivity index (χ3v) is 2.78. The number of primary amides is 1. The fourth-order valence-corrected chi connectivity index (χ4v) is 1.74. The highest BCUT2D eigenvalue weighted by Gasteiger charge is 2.00. The van der Waals surface area contributed by atoms with E-state index in [1.165, 1.54) is 5.56 Å².